The molecule has 0 aliphatic rings. The molecule has 0 aromatic rings. The highest BCUT2D eigenvalue weighted by atomic mass is 16.6. The lowest BCUT2D eigenvalue weighted by atomic mass is 10.2. The molecule has 0 aromatic carbocycles. The second-order valence-corrected chi connectivity index (χ2v) is 6.96. The van der Waals surface area contributed by atoms with E-state index in [2.05, 4.69) is 6.92 Å². The van der Waals surface area contributed by atoms with Gasteiger partial charge in [0.2, 0.25) is 0 Å². The molecule has 0 spiro atoms. The van der Waals surface area contributed by atoms with E-state index >= 15 is 0 Å². The quantitative estimate of drug-likeness (QED) is 0.121. The lowest BCUT2D eigenvalue weighted by molar-refractivity contribution is -0.145. The number of carbonyl (C=O) groups is 1. The highest BCUT2D eigenvalue weighted by Crippen LogP contribution is 2.00. The minimum Gasteiger partial charge on any atom is -0.463 e. The molecule has 0 aliphatic heterocycles. The number of methoxy groups -OCH3 is 1. The van der Waals surface area contributed by atoms with Crippen molar-refractivity contribution in [3.63, 3.8) is 0 Å². The maximum absolute atomic E-state index is 11.4. The average Bonchev–Trinajstić information content (AvgIpc) is 2.82. The molecule has 0 heterocycles. The summed E-state index contributed by atoms with van der Waals surface area (Å²) in [6.07, 6.45) is 3.52. The third kappa shape index (κ3) is 29.1. The van der Waals surface area contributed by atoms with Crippen LogP contribution in [0, 0.1) is 0 Å². The second kappa shape index (κ2) is 29.2. The van der Waals surface area contributed by atoms with Gasteiger partial charge in [-0.15, -0.1) is 0 Å². The Hall–Kier alpha value is -0.850. The molecule has 0 rings (SSSR count). The number of carbonyl (C=O) groups excluding carboxylic acids is 1. The summed E-state index contributed by atoms with van der Waals surface area (Å²) in [6, 6.07) is 0. The Morgan fingerprint density at radius 2 is 0.818 bits per heavy atom. The molecule has 10 nitrogen and oxygen atoms in total. The number of rotatable bonds is 28. The minimum absolute atomic E-state index is 0.155. The largest absolute Gasteiger partial charge is 0.463 e. The van der Waals surface area contributed by atoms with Crippen molar-refractivity contribution < 1.29 is 47.4 Å². The molecule has 198 valence electrons. The number of esters is 1. The molecule has 33 heavy (non-hydrogen) atoms. The summed E-state index contributed by atoms with van der Waals surface area (Å²) in [6.45, 7) is 10.1. The molecule has 0 fully saturated rings. The van der Waals surface area contributed by atoms with Gasteiger partial charge in [0, 0.05) is 13.5 Å². The Balaban J connectivity index is 3.06. The van der Waals surface area contributed by atoms with E-state index in [9.17, 15) is 4.79 Å². The van der Waals surface area contributed by atoms with Crippen molar-refractivity contribution in [3.8, 4) is 0 Å². The van der Waals surface area contributed by atoms with Gasteiger partial charge in [-0.25, -0.2) is 0 Å². The van der Waals surface area contributed by atoms with Crippen LogP contribution in [0.4, 0.5) is 0 Å². The van der Waals surface area contributed by atoms with E-state index in [1.807, 2.05) is 0 Å². The van der Waals surface area contributed by atoms with Crippen molar-refractivity contribution in [2.24, 2.45) is 0 Å². The van der Waals surface area contributed by atoms with Crippen LogP contribution in [0.3, 0.4) is 0 Å². The second-order valence-electron chi connectivity index (χ2n) is 6.96. The van der Waals surface area contributed by atoms with Gasteiger partial charge in [-0.1, -0.05) is 19.8 Å². The van der Waals surface area contributed by atoms with Crippen LogP contribution in [0.5, 0.6) is 0 Å². The van der Waals surface area contributed by atoms with Gasteiger partial charge in [0.05, 0.1) is 99.1 Å². The summed E-state index contributed by atoms with van der Waals surface area (Å²) in [5.74, 6) is -0.155. The van der Waals surface area contributed by atoms with Crippen LogP contribution in [-0.2, 0) is 47.4 Å². The van der Waals surface area contributed by atoms with Gasteiger partial charge < -0.3 is 42.6 Å². The molecule has 0 bridgehead atoms. The Labute approximate surface area is 199 Å². The molecule has 0 unspecified atom stereocenters. The molecule has 0 saturated heterocycles. The lowest BCUT2D eigenvalue weighted by Crippen LogP contribution is -2.15. The zero-order valence-electron chi connectivity index (χ0n) is 20.7. The molecule has 0 saturated carbocycles. The topological polar surface area (TPSA) is 100 Å². The summed E-state index contributed by atoms with van der Waals surface area (Å²) in [5, 5.41) is 0. The van der Waals surface area contributed by atoms with E-state index in [-0.39, 0.29) is 12.6 Å². The standard InChI is InChI=1S/C23H46O10/c1-3-4-5-6-23(24)33-22-21-32-20-19-31-18-17-30-16-15-29-14-13-28-12-11-27-10-9-26-8-7-25-2/h3-22H2,1-2H3. The summed E-state index contributed by atoms with van der Waals surface area (Å²) >= 11 is 0. The molecule has 0 amide bonds. The summed E-state index contributed by atoms with van der Waals surface area (Å²) < 4.78 is 47.6. The third-order valence-corrected chi connectivity index (χ3v) is 4.14. The van der Waals surface area contributed by atoms with Gasteiger partial charge in [-0.2, -0.15) is 0 Å². The highest BCUT2D eigenvalue weighted by Gasteiger charge is 2.01. The Bertz CT molecular complexity index is 384. The van der Waals surface area contributed by atoms with E-state index < -0.39 is 0 Å². The molecule has 0 aliphatic carbocycles. The molecule has 0 radical (unpaired) electrons. The number of hydrogen-bond donors (Lipinski definition) is 0. The smallest absolute Gasteiger partial charge is 0.305 e. The number of ether oxygens (including phenoxy) is 9. The van der Waals surface area contributed by atoms with Gasteiger partial charge in [-0.3, -0.25) is 4.79 Å². The van der Waals surface area contributed by atoms with Crippen molar-refractivity contribution in [3.05, 3.63) is 0 Å². The Kier molecular flexibility index (Phi) is 28.4. The fourth-order valence-electron chi connectivity index (χ4n) is 2.37. The normalized spacial score (nSPS) is 11.2. The fourth-order valence-corrected chi connectivity index (χ4v) is 2.37. The van der Waals surface area contributed by atoms with Crippen molar-refractivity contribution >= 4 is 5.97 Å². The van der Waals surface area contributed by atoms with Crippen molar-refractivity contribution in [1.82, 2.24) is 0 Å². The first-order chi connectivity index (χ1) is 16.3. The SMILES string of the molecule is CCCCCC(=O)OCCOCCOCCOCCOCCOCCOCCOCCOC. The monoisotopic (exact) mass is 482 g/mol. The molecule has 0 N–H and O–H groups in total. The van der Waals surface area contributed by atoms with Crippen LogP contribution >= 0.6 is 0 Å². The Morgan fingerprint density at radius 1 is 0.485 bits per heavy atom. The lowest BCUT2D eigenvalue weighted by Gasteiger charge is -2.08. The van der Waals surface area contributed by atoms with Crippen LogP contribution in [0.1, 0.15) is 32.6 Å². The van der Waals surface area contributed by atoms with Gasteiger partial charge in [0.25, 0.3) is 0 Å². The molecular weight excluding hydrogens is 436 g/mol. The van der Waals surface area contributed by atoms with Crippen molar-refractivity contribution in [2.45, 2.75) is 32.6 Å². The predicted molar refractivity (Wildman–Crippen MR) is 123 cm³/mol. The average molecular weight is 483 g/mol. The molecular formula is C23H46O10. The van der Waals surface area contributed by atoms with E-state index in [1.165, 1.54) is 0 Å². The summed E-state index contributed by atoms with van der Waals surface area (Å²) in [4.78, 5) is 11.4. The predicted octanol–water partition coefficient (Wildman–Crippen LogP) is 1.87. The molecule has 0 atom stereocenters. The van der Waals surface area contributed by atoms with Crippen LogP contribution in [-0.4, -0.2) is 119 Å². The van der Waals surface area contributed by atoms with Crippen LogP contribution < -0.4 is 0 Å². The van der Waals surface area contributed by atoms with E-state index in [1.54, 1.807) is 7.11 Å². The van der Waals surface area contributed by atoms with Gasteiger partial charge in [-0.05, 0) is 6.42 Å². The zero-order chi connectivity index (χ0) is 24.1. The van der Waals surface area contributed by atoms with Crippen LogP contribution in [0.2, 0.25) is 0 Å². The van der Waals surface area contributed by atoms with Crippen LogP contribution in [0.15, 0.2) is 0 Å². The minimum atomic E-state index is -0.155. The van der Waals surface area contributed by atoms with Crippen molar-refractivity contribution in [2.75, 3.05) is 113 Å². The van der Waals surface area contributed by atoms with Gasteiger partial charge in [0.15, 0.2) is 0 Å². The third-order valence-electron chi connectivity index (χ3n) is 4.14. The van der Waals surface area contributed by atoms with Gasteiger partial charge >= 0.3 is 5.97 Å². The zero-order valence-corrected chi connectivity index (χ0v) is 20.7. The van der Waals surface area contributed by atoms with E-state index in [0.717, 1.165) is 19.3 Å². The maximum atomic E-state index is 11.4. The number of hydrogen-bond acceptors (Lipinski definition) is 10. The summed E-state index contributed by atoms with van der Waals surface area (Å²) in [7, 11) is 1.64. The van der Waals surface area contributed by atoms with E-state index in [0.29, 0.717) is 106 Å². The fraction of sp³-hybridized carbons (Fsp3) is 0.957. The number of unbranched alkanes of at least 4 members (excludes halogenated alkanes) is 2. The first kappa shape index (κ1) is 32.1. The molecule has 10 heteroatoms. The van der Waals surface area contributed by atoms with Crippen LogP contribution in [0.25, 0.3) is 0 Å². The molecule has 0 aromatic heterocycles. The Morgan fingerprint density at radius 3 is 1.15 bits per heavy atom. The first-order valence-corrected chi connectivity index (χ1v) is 12.0. The van der Waals surface area contributed by atoms with Crippen molar-refractivity contribution in [1.29, 1.82) is 0 Å². The summed E-state index contributed by atoms with van der Waals surface area (Å²) in [5.41, 5.74) is 0. The highest BCUT2D eigenvalue weighted by molar-refractivity contribution is 5.69. The van der Waals surface area contributed by atoms with E-state index in [4.69, 9.17) is 42.6 Å². The first-order valence-electron chi connectivity index (χ1n) is 12.0. The van der Waals surface area contributed by atoms with Gasteiger partial charge in [0.1, 0.15) is 6.61 Å². The maximum Gasteiger partial charge on any atom is 0.305 e.